The fourth-order valence-electron chi connectivity index (χ4n) is 2.46. The first-order valence-corrected chi connectivity index (χ1v) is 8.49. The van der Waals surface area contributed by atoms with Crippen LogP contribution < -0.4 is 16.0 Å². The minimum Gasteiger partial charge on any atom is -0.379 e. The van der Waals surface area contributed by atoms with Gasteiger partial charge in [0.25, 0.3) is 5.91 Å². The SMILES string of the molecule is C=CCNC(=O)c1ccccc1NC(=O)C(=O)NCCN1CCOCC1. The first-order chi connectivity index (χ1) is 12.6. The molecule has 1 aliphatic heterocycles. The molecule has 0 radical (unpaired) electrons. The van der Waals surface area contributed by atoms with Crippen LogP contribution in [-0.2, 0) is 14.3 Å². The van der Waals surface area contributed by atoms with Gasteiger partial charge in [0.1, 0.15) is 0 Å². The van der Waals surface area contributed by atoms with Crippen molar-refractivity contribution in [2.24, 2.45) is 0 Å². The molecule has 8 nitrogen and oxygen atoms in total. The Bertz CT molecular complexity index is 656. The van der Waals surface area contributed by atoms with Crippen molar-refractivity contribution in [1.82, 2.24) is 15.5 Å². The number of anilines is 1. The summed E-state index contributed by atoms with van der Waals surface area (Å²) in [5.41, 5.74) is 0.561. The van der Waals surface area contributed by atoms with Crippen LogP contribution in [0.5, 0.6) is 0 Å². The van der Waals surface area contributed by atoms with E-state index in [2.05, 4.69) is 27.4 Å². The monoisotopic (exact) mass is 360 g/mol. The van der Waals surface area contributed by atoms with Gasteiger partial charge in [-0.3, -0.25) is 19.3 Å². The highest BCUT2D eigenvalue weighted by atomic mass is 16.5. The molecule has 1 aromatic rings. The van der Waals surface area contributed by atoms with E-state index in [9.17, 15) is 14.4 Å². The van der Waals surface area contributed by atoms with Gasteiger partial charge in [-0.1, -0.05) is 18.2 Å². The molecule has 0 bridgehead atoms. The van der Waals surface area contributed by atoms with Crippen LogP contribution in [-0.4, -0.2) is 68.6 Å². The minimum absolute atomic E-state index is 0.280. The van der Waals surface area contributed by atoms with Crippen molar-refractivity contribution in [3.8, 4) is 0 Å². The van der Waals surface area contributed by atoms with Crippen LogP contribution in [0, 0.1) is 0 Å². The number of hydrogen-bond donors (Lipinski definition) is 3. The Hall–Kier alpha value is -2.71. The van der Waals surface area contributed by atoms with E-state index in [0.29, 0.717) is 32.8 Å². The maximum absolute atomic E-state index is 12.1. The Morgan fingerprint density at radius 1 is 1.12 bits per heavy atom. The zero-order valence-electron chi connectivity index (χ0n) is 14.6. The highest BCUT2D eigenvalue weighted by molar-refractivity contribution is 6.40. The second-order valence-corrected chi connectivity index (χ2v) is 5.71. The van der Waals surface area contributed by atoms with Gasteiger partial charge in [-0.15, -0.1) is 6.58 Å². The molecule has 0 aromatic heterocycles. The lowest BCUT2D eigenvalue weighted by atomic mass is 10.1. The fourth-order valence-corrected chi connectivity index (χ4v) is 2.46. The third-order valence-electron chi connectivity index (χ3n) is 3.85. The number of morpholine rings is 1. The summed E-state index contributed by atoms with van der Waals surface area (Å²) in [4.78, 5) is 38.3. The van der Waals surface area contributed by atoms with E-state index in [-0.39, 0.29) is 17.2 Å². The molecule has 0 spiro atoms. The molecule has 2 rings (SSSR count). The number of ether oxygens (including phenoxy) is 1. The summed E-state index contributed by atoms with van der Waals surface area (Å²) < 4.78 is 5.26. The molecule has 26 heavy (non-hydrogen) atoms. The topological polar surface area (TPSA) is 99.8 Å². The molecule has 3 amide bonds. The first kappa shape index (κ1) is 19.6. The summed E-state index contributed by atoms with van der Waals surface area (Å²) in [7, 11) is 0. The lowest BCUT2D eigenvalue weighted by molar-refractivity contribution is -0.136. The first-order valence-electron chi connectivity index (χ1n) is 8.49. The number of rotatable bonds is 7. The average molecular weight is 360 g/mol. The third-order valence-corrected chi connectivity index (χ3v) is 3.85. The molecule has 1 heterocycles. The molecule has 8 heteroatoms. The molecule has 1 aromatic carbocycles. The van der Waals surface area contributed by atoms with Crippen LogP contribution in [0.1, 0.15) is 10.4 Å². The van der Waals surface area contributed by atoms with Crippen LogP contribution in [0.2, 0.25) is 0 Å². The van der Waals surface area contributed by atoms with Crippen molar-refractivity contribution >= 4 is 23.4 Å². The quantitative estimate of drug-likeness (QED) is 0.469. The maximum atomic E-state index is 12.1. The van der Waals surface area contributed by atoms with E-state index >= 15 is 0 Å². The maximum Gasteiger partial charge on any atom is 0.313 e. The Kier molecular flexibility index (Phi) is 7.78. The van der Waals surface area contributed by atoms with Crippen LogP contribution in [0.4, 0.5) is 5.69 Å². The molecule has 1 aliphatic rings. The zero-order chi connectivity index (χ0) is 18.8. The summed E-state index contributed by atoms with van der Waals surface area (Å²) in [5, 5.41) is 7.71. The largest absolute Gasteiger partial charge is 0.379 e. The lowest BCUT2D eigenvalue weighted by Gasteiger charge is -2.26. The summed E-state index contributed by atoms with van der Waals surface area (Å²) in [5.74, 6) is -1.90. The van der Waals surface area contributed by atoms with E-state index in [0.717, 1.165) is 13.1 Å². The van der Waals surface area contributed by atoms with E-state index < -0.39 is 11.8 Å². The lowest BCUT2D eigenvalue weighted by Crippen LogP contribution is -2.43. The van der Waals surface area contributed by atoms with E-state index in [1.807, 2.05) is 0 Å². The summed E-state index contributed by atoms with van der Waals surface area (Å²) in [6.45, 7) is 7.86. The van der Waals surface area contributed by atoms with Crippen LogP contribution in [0.3, 0.4) is 0 Å². The van der Waals surface area contributed by atoms with Crippen molar-refractivity contribution < 1.29 is 19.1 Å². The highest BCUT2D eigenvalue weighted by Crippen LogP contribution is 2.14. The van der Waals surface area contributed by atoms with Crippen molar-refractivity contribution in [2.45, 2.75) is 0 Å². The Morgan fingerprint density at radius 2 is 1.85 bits per heavy atom. The molecule has 1 saturated heterocycles. The number of hydrogen-bond acceptors (Lipinski definition) is 5. The molecule has 0 aliphatic carbocycles. The Balaban J connectivity index is 1.85. The standard InChI is InChI=1S/C18H24N4O4/c1-2-7-19-16(23)14-5-3-4-6-15(14)21-18(25)17(24)20-8-9-22-10-12-26-13-11-22/h2-6H,1,7-13H2,(H,19,23)(H,20,24)(H,21,25). The predicted octanol–water partition coefficient (Wildman–Crippen LogP) is -0.0107. The average Bonchev–Trinajstić information content (AvgIpc) is 2.67. The van der Waals surface area contributed by atoms with Gasteiger partial charge in [-0.2, -0.15) is 0 Å². The van der Waals surface area contributed by atoms with Gasteiger partial charge in [0.05, 0.1) is 24.5 Å². The summed E-state index contributed by atoms with van der Waals surface area (Å²) >= 11 is 0. The van der Waals surface area contributed by atoms with E-state index in [1.54, 1.807) is 30.3 Å². The number of carbonyl (C=O) groups excluding carboxylic acids is 3. The molecule has 140 valence electrons. The molecule has 0 unspecified atom stereocenters. The number of carbonyl (C=O) groups is 3. The number of nitrogens with zero attached hydrogens (tertiary/aromatic N) is 1. The van der Waals surface area contributed by atoms with E-state index in [1.165, 1.54) is 0 Å². The second kappa shape index (κ2) is 10.3. The van der Waals surface area contributed by atoms with Crippen molar-refractivity contribution in [1.29, 1.82) is 0 Å². The van der Waals surface area contributed by atoms with Crippen molar-refractivity contribution in [3.05, 3.63) is 42.5 Å². The summed E-state index contributed by atoms with van der Waals surface area (Å²) in [6.07, 6.45) is 1.56. The second-order valence-electron chi connectivity index (χ2n) is 5.71. The van der Waals surface area contributed by atoms with Crippen molar-refractivity contribution in [3.63, 3.8) is 0 Å². The third kappa shape index (κ3) is 5.98. The van der Waals surface area contributed by atoms with Gasteiger partial charge < -0.3 is 20.7 Å². The fraction of sp³-hybridized carbons (Fsp3) is 0.389. The van der Waals surface area contributed by atoms with Gasteiger partial charge in [0, 0.05) is 32.7 Å². The number of para-hydroxylation sites is 1. The molecule has 1 fully saturated rings. The van der Waals surface area contributed by atoms with Crippen molar-refractivity contribution in [2.75, 3.05) is 51.3 Å². The number of nitrogens with one attached hydrogen (secondary N) is 3. The van der Waals surface area contributed by atoms with Gasteiger partial charge in [0.2, 0.25) is 0 Å². The normalized spacial score (nSPS) is 14.3. The number of benzene rings is 1. The van der Waals surface area contributed by atoms with Gasteiger partial charge in [0.15, 0.2) is 0 Å². The smallest absolute Gasteiger partial charge is 0.313 e. The highest BCUT2D eigenvalue weighted by Gasteiger charge is 2.18. The Morgan fingerprint density at radius 3 is 2.58 bits per heavy atom. The summed E-state index contributed by atoms with van der Waals surface area (Å²) in [6, 6.07) is 6.50. The molecule has 0 saturated carbocycles. The van der Waals surface area contributed by atoms with Gasteiger partial charge in [-0.25, -0.2) is 0 Å². The minimum atomic E-state index is -0.809. The van der Waals surface area contributed by atoms with Crippen LogP contribution in [0.25, 0.3) is 0 Å². The predicted molar refractivity (Wildman–Crippen MR) is 97.9 cm³/mol. The van der Waals surface area contributed by atoms with E-state index in [4.69, 9.17) is 4.74 Å². The number of amides is 3. The Labute approximate surface area is 152 Å². The molecule has 3 N–H and O–H groups in total. The molecule has 0 atom stereocenters. The molecular weight excluding hydrogens is 336 g/mol. The van der Waals surface area contributed by atoms with Crippen LogP contribution in [0.15, 0.2) is 36.9 Å². The molecular formula is C18H24N4O4. The van der Waals surface area contributed by atoms with Crippen LogP contribution >= 0.6 is 0 Å². The van der Waals surface area contributed by atoms with Gasteiger partial charge in [-0.05, 0) is 12.1 Å². The zero-order valence-corrected chi connectivity index (χ0v) is 14.6. The van der Waals surface area contributed by atoms with Gasteiger partial charge >= 0.3 is 11.8 Å².